The van der Waals surface area contributed by atoms with Gasteiger partial charge in [0.2, 0.25) is 5.82 Å². The number of rotatable bonds is 3. The van der Waals surface area contributed by atoms with Gasteiger partial charge in [-0.2, -0.15) is 13.2 Å². The highest BCUT2D eigenvalue weighted by atomic mass is 79.9. The van der Waals surface area contributed by atoms with E-state index in [1.165, 1.54) is 6.07 Å². The predicted octanol–water partition coefficient (Wildman–Crippen LogP) is 4.36. The molecule has 0 aliphatic heterocycles. The minimum atomic E-state index is -4.57. The van der Waals surface area contributed by atoms with Gasteiger partial charge in [0.1, 0.15) is 5.82 Å². The number of hydrogen-bond donors (Lipinski definition) is 1. The quantitative estimate of drug-likeness (QED) is 0.898. The fourth-order valence-corrected chi connectivity index (χ4v) is 1.88. The van der Waals surface area contributed by atoms with E-state index in [0.29, 0.717) is 12.1 Å². The SMILES string of the molecule is CCNc1cc(-c2ccc(Br)cc2)nc(C(F)(F)F)n1. The molecule has 0 unspecified atom stereocenters. The molecule has 1 heterocycles. The summed E-state index contributed by atoms with van der Waals surface area (Å²) in [5.41, 5.74) is 0.830. The molecule has 1 aromatic heterocycles. The van der Waals surface area contributed by atoms with Crippen LogP contribution in [0.2, 0.25) is 0 Å². The van der Waals surface area contributed by atoms with E-state index < -0.39 is 12.0 Å². The largest absolute Gasteiger partial charge is 0.451 e. The zero-order chi connectivity index (χ0) is 14.8. The Morgan fingerprint density at radius 1 is 1.15 bits per heavy atom. The van der Waals surface area contributed by atoms with E-state index in [0.717, 1.165) is 4.47 Å². The maximum absolute atomic E-state index is 12.8. The number of benzene rings is 1. The van der Waals surface area contributed by atoms with Crippen molar-refractivity contribution in [1.29, 1.82) is 0 Å². The zero-order valence-electron chi connectivity index (χ0n) is 10.5. The molecule has 0 bridgehead atoms. The van der Waals surface area contributed by atoms with E-state index in [1.807, 2.05) is 0 Å². The lowest BCUT2D eigenvalue weighted by Crippen LogP contribution is -2.13. The fraction of sp³-hybridized carbons (Fsp3) is 0.231. The first-order chi connectivity index (χ1) is 9.40. The smallest absolute Gasteiger partial charge is 0.370 e. The number of aromatic nitrogens is 2. The summed E-state index contributed by atoms with van der Waals surface area (Å²) in [4.78, 5) is 7.08. The first kappa shape index (κ1) is 14.8. The highest BCUT2D eigenvalue weighted by Gasteiger charge is 2.35. The van der Waals surface area contributed by atoms with Crippen LogP contribution in [-0.2, 0) is 6.18 Å². The van der Waals surface area contributed by atoms with Crippen molar-refractivity contribution in [3.8, 4) is 11.3 Å². The van der Waals surface area contributed by atoms with E-state index in [-0.39, 0.29) is 11.5 Å². The molecule has 0 aliphatic carbocycles. The van der Waals surface area contributed by atoms with Crippen LogP contribution in [0.25, 0.3) is 11.3 Å². The topological polar surface area (TPSA) is 37.8 Å². The molecule has 20 heavy (non-hydrogen) atoms. The number of alkyl halides is 3. The summed E-state index contributed by atoms with van der Waals surface area (Å²) >= 11 is 3.28. The van der Waals surface area contributed by atoms with Gasteiger partial charge in [-0.05, 0) is 19.1 Å². The molecular formula is C13H11BrF3N3. The van der Waals surface area contributed by atoms with Crippen LogP contribution in [0.4, 0.5) is 19.0 Å². The first-order valence-corrected chi connectivity index (χ1v) is 6.65. The van der Waals surface area contributed by atoms with Gasteiger partial charge < -0.3 is 5.32 Å². The van der Waals surface area contributed by atoms with Crippen LogP contribution in [0, 0.1) is 0 Å². The molecule has 7 heteroatoms. The van der Waals surface area contributed by atoms with Gasteiger partial charge in [0.25, 0.3) is 0 Å². The monoisotopic (exact) mass is 345 g/mol. The van der Waals surface area contributed by atoms with Crippen molar-refractivity contribution in [3.63, 3.8) is 0 Å². The Morgan fingerprint density at radius 2 is 1.80 bits per heavy atom. The summed E-state index contributed by atoms with van der Waals surface area (Å²) in [5.74, 6) is -0.985. The molecule has 106 valence electrons. The van der Waals surface area contributed by atoms with Crippen molar-refractivity contribution < 1.29 is 13.2 Å². The molecule has 0 fully saturated rings. The number of nitrogens with one attached hydrogen (secondary N) is 1. The van der Waals surface area contributed by atoms with Crippen molar-refractivity contribution in [1.82, 2.24) is 9.97 Å². The summed E-state index contributed by atoms with van der Waals surface area (Å²) in [6.07, 6.45) is -4.57. The second-order valence-electron chi connectivity index (χ2n) is 4.00. The fourth-order valence-electron chi connectivity index (χ4n) is 1.61. The molecule has 0 amide bonds. The molecule has 1 aromatic carbocycles. The predicted molar refractivity (Wildman–Crippen MR) is 74.3 cm³/mol. The molecule has 0 saturated carbocycles. The standard InChI is InChI=1S/C13H11BrF3N3/c1-2-18-11-7-10(8-3-5-9(14)6-4-8)19-12(20-11)13(15,16)17/h3-7H,2H2,1H3,(H,18,19,20). The Balaban J connectivity index is 2.51. The van der Waals surface area contributed by atoms with Crippen LogP contribution in [-0.4, -0.2) is 16.5 Å². The third-order valence-electron chi connectivity index (χ3n) is 2.48. The minimum Gasteiger partial charge on any atom is -0.370 e. The maximum Gasteiger partial charge on any atom is 0.451 e. The normalized spacial score (nSPS) is 11.4. The van der Waals surface area contributed by atoms with Crippen LogP contribution >= 0.6 is 15.9 Å². The van der Waals surface area contributed by atoms with Gasteiger partial charge >= 0.3 is 6.18 Å². The third-order valence-corrected chi connectivity index (χ3v) is 3.01. The van der Waals surface area contributed by atoms with Crippen LogP contribution in [0.5, 0.6) is 0 Å². The third kappa shape index (κ3) is 3.47. The van der Waals surface area contributed by atoms with Crippen LogP contribution < -0.4 is 5.32 Å². The van der Waals surface area contributed by atoms with Crippen LogP contribution in [0.15, 0.2) is 34.8 Å². The van der Waals surface area contributed by atoms with Gasteiger partial charge in [0, 0.05) is 22.6 Å². The lowest BCUT2D eigenvalue weighted by molar-refractivity contribution is -0.144. The number of halogens is 4. The first-order valence-electron chi connectivity index (χ1n) is 5.86. The van der Waals surface area contributed by atoms with E-state index >= 15 is 0 Å². The Morgan fingerprint density at radius 3 is 2.35 bits per heavy atom. The number of hydrogen-bond acceptors (Lipinski definition) is 3. The van der Waals surface area contributed by atoms with E-state index in [9.17, 15) is 13.2 Å². The molecule has 2 rings (SSSR count). The van der Waals surface area contributed by atoms with Crippen molar-refractivity contribution in [3.05, 3.63) is 40.6 Å². The summed E-state index contributed by atoms with van der Waals surface area (Å²) in [6.45, 7) is 2.27. The number of nitrogens with zero attached hydrogens (tertiary/aromatic N) is 2. The zero-order valence-corrected chi connectivity index (χ0v) is 12.1. The van der Waals surface area contributed by atoms with E-state index in [2.05, 4.69) is 31.2 Å². The molecule has 1 N–H and O–H groups in total. The summed E-state index contributed by atoms with van der Waals surface area (Å²) in [7, 11) is 0. The van der Waals surface area contributed by atoms with Crippen molar-refractivity contribution in [2.75, 3.05) is 11.9 Å². The molecule has 0 saturated heterocycles. The Bertz CT molecular complexity index is 597. The Hall–Kier alpha value is -1.63. The lowest BCUT2D eigenvalue weighted by atomic mass is 10.1. The number of anilines is 1. The highest BCUT2D eigenvalue weighted by Crippen LogP contribution is 2.30. The molecule has 3 nitrogen and oxygen atoms in total. The van der Waals surface area contributed by atoms with Gasteiger partial charge in [-0.15, -0.1) is 0 Å². The maximum atomic E-state index is 12.8. The summed E-state index contributed by atoms with van der Waals surface area (Å²) < 4.78 is 39.3. The van der Waals surface area contributed by atoms with Crippen LogP contribution in [0.1, 0.15) is 12.7 Å². The van der Waals surface area contributed by atoms with Gasteiger partial charge in [0.05, 0.1) is 5.69 Å². The molecule has 0 aliphatic rings. The van der Waals surface area contributed by atoms with Crippen molar-refractivity contribution >= 4 is 21.7 Å². The highest BCUT2D eigenvalue weighted by molar-refractivity contribution is 9.10. The Kier molecular flexibility index (Phi) is 4.27. The summed E-state index contributed by atoms with van der Waals surface area (Å²) in [5, 5.41) is 2.78. The van der Waals surface area contributed by atoms with Gasteiger partial charge in [-0.3, -0.25) is 0 Å². The molecule has 0 atom stereocenters. The second-order valence-corrected chi connectivity index (χ2v) is 4.91. The molecule has 0 spiro atoms. The van der Waals surface area contributed by atoms with Gasteiger partial charge in [-0.1, -0.05) is 28.1 Å². The van der Waals surface area contributed by atoms with Gasteiger partial charge in [0.15, 0.2) is 0 Å². The lowest BCUT2D eigenvalue weighted by Gasteiger charge is -2.11. The van der Waals surface area contributed by atoms with Gasteiger partial charge in [-0.25, -0.2) is 9.97 Å². The van der Waals surface area contributed by atoms with E-state index in [4.69, 9.17) is 0 Å². The minimum absolute atomic E-state index is 0.160. The molecule has 0 radical (unpaired) electrons. The van der Waals surface area contributed by atoms with Crippen molar-refractivity contribution in [2.24, 2.45) is 0 Å². The van der Waals surface area contributed by atoms with Crippen LogP contribution in [0.3, 0.4) is 0 Å². The average molecular weight is 346 g/mol. The summed E-state index contributed by atoms with van der Waals surface area (Å²) in [6, 6.07) is 8.39. The second kappa shape index (κ2) is 5.78. The van der Waals surface area contributed by atoms with E-state index in [1.54, 1.807) is 31.2 Å². The molecular weight excluding hydrogens is 335 g/mol. The van der Waals surface area contributed by atoms with Crippen molar-refractivity contribution in [2.45, 2.75) is 13.1 Å². The Labute approximate surface area is 122 Å². The molecule has 2 aromatic rings. The average Bonchev–Trinajstić information content (AvgIpc) is 2.38.